The Kier molecular flexibility index (Phi) is 5.50. The summed E-state index contributed by atoms with van der Waals surface area (Å²) in [5, 5.41) is 0. The van der Waals surface area contributed by atoms with Gasteiger partial charge in [0.1, 0.15) is 0 Å². The van der Waals surface area contributed by atoms with Gasteiger partial charge in [-0.05, 0) is 55.2 Å². The van der Waals surface area contributed by atoms with Crippen molar-refractivity contribution in [2.75, 3.05) is 0 Å². The van der Waals surface area contributed by atoms with Crippen LogP contribution in [0.2, 0.25) is 0 Å². The monoisotopic (exact) mass is 353 g/mol. The molecule has 1 aliphatic rings. The fraction of sp³-hybridized carbons (Fsp3) is 0.667. The average molecular weight is 354 g/mol. The lowest BCUT2D eigenvalue weighted by Gasteiger charge is -2.40. The molecule has 0 bridgehead atoms. The van der Waals surface area contributed by atoms with E-state index in [1.807, 2.05) is 6.92 Å². The maximum absolute atomic E-state index is 6.44. The zero-order valence-electron chi connectivity index (χ0n) is 13.6. The van der Waals surface area contributed by atoms with Crippen molar-refractivity contribution in [3.63, 3.8) is 0 Å². The van der Waals surface area contributed by atoms with Crippen molar-refractivity contribution in [1.29, 1.82) is 0 Å². The summed E-state index contributed by atoms with van der Waals surface area (Å²) in [5.41, 5.74) is 7.73. The summed E-state index contributed by atoms with van der Waals surface area (Å²) >= 11 is 3.48. The number of hydrogen-bond acceptors (Lipinski definition) is 2. The molecule has 118 valence electrons. The summed E-state index contributed by atoms with van der Waals surface area (Å²) in [6.45, 7) is 9.06. The molecular formula is C18H28BrNO. The van der Waals surface area contributed by atoms with Crippen molar-refractivity contribution in [3.05, 3.63) is 34.3 Å². The fourth-order valence-electron chi connectivity index (χ4n) is 3.73. The average Bonchev–Trinajstić information content (AvgIpc) is 2.34. The molecule has 4 atom stereocenters. The van der Waals surface area contributed by atoms with E-state index in [4.69, 9.17) is 10.5 Å². The Morgan fingerprint density at radius 3 is 2.38 bits per heavy atom. The van der Waals surface area contributed by atoms with Crippen molar-refractivity contribution < 1.29 is 4.74 Å². The SMILES string of the molecule is CC1CC(OC(c2ccc(Br)cc2)C(C)N)CC(C)(C)C1. The zero-order valence-corrected chi connectivity index (χ0v) is 15.2. The van der Waals surface area contributed by atoms with Crippen LogP contribution >= 0.6 is 15.9 Å². The fourth-order valence-corrected chi connectivity index (χ4v) is 3.99. The van der Waals surface area contributed by atoms with Crippen LogP contribution in [0.25, 0.3) is 0 Å². The van der Waals surface area contributed by atoms with Gasteiger partial charge in [-0.3, -0.25) is 0 Å². The third-order valence-corrected chi connectivity index (χ3v) is 4.89. The second-order valence-electron chi connectivity index (χ2n) is 7.50. The van der Waals surface area contributed by atoms with Crippen molar-refractivity contribution >= 4 is 15.9 Å². The smallest absolute Gasteiger partial charge is 0.0976 e. The van der Waals surface area contributed by atoms with Crippen LogP contribution in [0.3, 0.4) is 0 Å². The molecule has 0 saturated heterocycles. The van der Waals surface area contributed by atoms with Crippen LogP contribution in [0.5, 0.6) is 0 Å². The number of ether oxygens (including phenoxy) is 1. The molecule has 1 saturated carbocycles. The van der Waals surface area contributed by atoms with Gasteiger partial charge in [0.05, 0.1) is 12.2 Å². The molecule has 21 heavy (non-hydrogen) atoms. The molecular weight excluding hydrogens is 326 g/mol. The highest BCUT2D eigenvalue weighted by Gasteiger charge is 2.34. The van der Waals surface area contributed by atoms with Crippen molar-refractivity contribution in [2.45, 2.75) is 65.2 Å². The van der Waals surface area contributed by atoms with Gasteiger partial charge in [0.25, 0.3) is 0 Å². The lowest BCUT2D eigenvalue weighted by atomic mass is 9.71. The topological polar surface area (TPSA) is 35.2 Å². The summed E-state index contributed by atoms with van der Waals surface area (Å²) in [6, 6.07) is 8.32. The minimum absolute atomic E-state index is 0.00785. The highest BCUT2D eigenvalue weighted by atomic mass is 79.9. The molecule has 1 aromatic rings. The van der Waals surface area contributed by atoms with Crippen molar-refractivity contribution in [2.24, 2.45) is 17.1 Å². The Bertz CT molecular complexity index is 455. The highest BCUT2D eigenvalue weighted by molar-refractivity contribution is 9.10. The Balaban J connectivity index is 2.11. The Hall–Kier alpha value is -0.380. The molecule has 0 radical (unpaired) electrons. The Labute approximate surface area is 137 Å². The molecule has 1 fully saturated rings. The first-order valence-electron chi connectivity index (χ1n) is 7.93. The lowest BCUT2D eigenvalue weighted by Crippen LogP contribution is -2.37. The number of nitrogens with two attached hydrogens (primary N) is 1. The number of benzene rings is 1. The zero-order chi connectivity index (χ0) is 15.6. The Morgan fingerprint density at radius 1 is 1.24 bits per heavy atom. The number of hydrogen-bond donors (Lipinski definition) is 1. The van der Waals surface area contributed by atoms with E-state index >= 15 is 0 Å². The predicted molar refractivity (Wildman–Crippen MR) is 92.2 cm³/mol. The Morgan fingerprint density at radius 2 is 1.86 bits per heavy atom. The molecule has 0 amide bonds. The molecule has 3 heteroatoms. The van der Waals surface area contributed by atoms with Gasteiger partial charge >= 0.3 is 0 Å². The molecule has 2 N–H and O–H groups in total. The maximum Gasteiger partial charge on any atom is 0.0976 e. The van der Waals surface area contributed by atoms with E-state index in [0.717, 1.165) is 23.2 Å². The van der Waals surface area contributed by atoms with Gasteiger partial charge in [0.15, 0.2) is 0 Å². The standard InChI is InChI=1S/C18H28BrNO/c1-12-9-16(11-18(3,4)10-12)21-17(13(2)20)14-5-7-15(19)8-6-14/h5-8,12-13,16-17H,9-11,20H2,1-4H3. The van der Waals surface area contributed by atoms with Gasteiger partial charge in [-0.1, -0.05) is 48.8 Å². The molecule has 0 aromatic heterocycles. The van der Waals surface area contributed by atoms with Crippen molar-refractivity contribution in [3.8, 4) is 0 Å². The molecule has 0 aliphatic heterocycles. The van der Waals surface area contributed by atoms with Crippen LogP contribution < -0.4 is 5.73 Å². The van der Waals surface area contributed by atoms with Crippen LogP contribution in [-0.2, 0) is 4.74 Å². The first-order valence-corrected chi connectivity index (χ1v) is 8.72. The predicted octanol–water partition coefficient (Wildman–Crippen LogP) is 5.07. The number of halogens is 1. The van der Waals surface area contributed by atoms with E-state index in [1.54, 1.807) is 0 Å². The second-order valence-corrected chi connectivity index (χ2v) is 8.42. The molecule has 2 rings (SSSR count). The van der Waals surface area contributed by atoms with Gasteiger partial charge in [-0.15, -0.1) is 0 Å². The third kappa shape index (κ3) is 4.80. The lowest BCUT2D eigenvalue weighted by molar-refractivity contribution is -0.0738. The molecule has 4 unspecified atom stereocenters. The molecule has 0 spiro atoms. The molecule has 0 heterocycles. The third-order valence-electron chi connectivity index (χ3n) is 4.36. The summed E-state index contributed by atoms with van der Waals surface area (Å²) in [4.78, 5) is 0. The normalized spacial score (nSPS) is 28.1. The van der Waals surface area contributed by atoms with Gasteiger partial charge < -0.3 is 10.5 Å². The number of rotatable bonds is 4. The van der Waals surface area contributed by atoms with Gasteiger partial charge in [-0.25, -0.2) is 0 Å². The van der Waals surface area contributed by atoms with Crippen LogP contribution in [-0.4, -0.2) is 12.1 Å². The minimum atomic E-state index is -0.0239. The van der Waals surface area contributed by atoms with E-state index in [2.05, 4.69) is 61.0 Å². The first kappa shape index (κ1) is 17.0. The van der Waals surface area contributed by atoms with E-state index in [1.165, 1.54) is 12.0 Å². The minimum Gasteiger partial charge on any atom is -0.369 e. The van der Waals surface area contributed by atoms with Gasteiger partial charge in [-0.2, -0.15) is 0 Å². The molecule has 1 aromatic carbocycles. The maximum atomic E-state index is 6.44. The first-order chi connectivity index (χ1) is 9.77. The molecule has 2 nitrogen and oxygen atoms in total. The summed E-state index contributed by atoms with van der Waals surface area (Å²) in [6.07, 6.45) is 3.83. The van der Waals surface area contributed by atoms with Crippen LogP contribution in [0.15, 0.2) is 28.7 Å². The van der Waals surface area contributed by atoms with E-state index in [0.29, 0.717) is 11.5 Å². The van der Waals surface area contributed by atoms with E-state index in [-0.39, 0.29) is 12.1 Å². The second kappa shape index (κ2) is 6.80. The summed E-state index contributed by atoms with van der Waals surface area (Å²) < 4.78 is 7.53. The summed E-state index contributed by atoms with van der Waals surface area (Å²) in [7, 11) is 0. The van der Waals surface area contributed by atoms with E-state index in [9.17, 15) is 0 Å². The van der Waals surface area contributed by atoms with Crippen molar-refractivity contribution in [1.82, 2.24) is 0 Å². The van der Waals surface area contributed by atoms with Crippen LogP contribution in [0.4, 0.5) is 0 Å². The van der Waals surface area contributed by atoms with Crippen LogP contribution in [0, 0.1) is 11.3 Å². The highest BCUT2D eigenvalue weighted by Crippen LogP contribution is 2.41. The molecule has 1 aliphatic carbocycles. The van der Waals surface area contributed by atoms with Gasteiger partial charge in [0, 0.05) is 10.5 Å². The van der Waals surface area contributed by atoms with E-state index < -0.39 is 0 Å². The van der Waals surface area contributed by atoms with Gasteiger partial charge in [0.2, 0.25) is 0 Å². The van der Waals surface area contributed by atoms with Crippen LogP contribution in [0.1, 0.15) is 58.6 Å². The quantitative estimate of drug-likeness (QED) is 0.819. The largest absolute Gasteiger partial charge is 0.369 e. The summed E-state index contributed by atoms with van der Waals surface area (Å²) in [5.74, 6) is 0.720.